The molecule has 1 fully saturated rings. The fourth-order valence-electron chi connectivity index (χ4n) is 1.86. The lowest BCUT2D eigenvalue weighted by Gasteiger charge is -2.18. The Kier molecular flexibility index (Phi) is 5.26. The number of nitro groups is 1. The Morgan fingerprint density at radius 1 is 1.57 bits per heavy atom. The summed E-state index contributed by atoms with van der Waals surface area (Å²) in [6.07, 6.45) is 3.74. The zero-order valence-corrected chi connectivity index (χ0v) is 12.4. The van der Waals surface area contributed by atoms with Crippen molar-refractivity contribution in [1.29, 1.82) is 0 Å². The summed E-state index contributed by atoms with van der Waals surface area (Å²) < 4.78 is 5.56. The van der Waals surface area contributed by atoms with Crippen molar-refractivity contribution < 1.29 is 9.66 Å². The van der Waals surface area contributed by atoms with E-state index in [1.807, 2.05) is 6.92 Å². The van der Waals surface area contributed by atoms with E-state index in [4.69, 9.17) is 4.74 Å². The number of hydrogen-bond acceptors (Lipinski definition) is 7. The van der Waals surface area contributed by atoms with E-state index in [0.717, 1.165) is 6.61 Å². The molecule has 0 saturated heterocycles. The van der Waals surface area contributed by atoms with Crippen LogP contribution in [0.1, 0.15) is 19.8 Å². The smallest absolute Gasteiger partial charge is 0.329 e. The lowest BCUT2D eigenvalue weighted by molar-refractivity contribution is -0.384. The molecule has 0 spiro atoms. The number of nitrogens with zero attached hydrogens (tertiary/aromatic N) is 4. The molecule has 0 aliphatic heterocycles. The van der Waals surface area contributed by atoms with Gasteiger partial charge in [0.1, 0.15) is 6.20 Å². The first-order chi connectivity index (χ1) is 10.1. The highest BCUT2D eigenvalue weighted by molar-refractivity contribution is 5.58. The maximum absolute atomic E-state index is 11.1. The van der Waals surface area contributed by atoms with Crippen LogP contribution in [0.4, 0.5) is 17.5 Å². The number of anilines is 2. The van der Waals surface area contributed by atoms with Crippen LogP contribution in [0.3, 0.4) is 0 Å². The van der Waals surface area contributed by atoms with Gasteiger partial charge in [0.05, 0.1) is 11.5 Å². The van der Waals surface area contributed by atoms with Crippen molar-refractivity contribution in [3.05, 3.63) is 16.3 Å². The second-order valence-electron chi connectivity index (χ2n) is 5.13. The third-order valence-electron chi connectivity index (χ3n) is 3.26. The van der Waals surface area contributed by atoms with Crippen molar-refractivity contribution >= 4 is 17.5 Å². The van der Waals surface area contributed by atoms with E-state index in [9.17, 15) is 10.1 Å². The molecule has 1 aliphatic rings. The highest BCUT2D eigenvalue weighted by Gasteiger charge is 2.22. The number of hydrogen-bond donors (Lipinski definition) is 1. The Morgan fingerprint density at radius 2 is 2.33 bits per heavy atom. The summed E-state index contributed by atoms with van der Waals surface area (Å²) in [5.41, 5.74) is -0.0960. The zero-order chi connectivity index (χ0) is 15.2. The number of rotatable bonds is 9. The van der Waals surface area contributed by atoms with E-state index in [1.54, 1.807) is 11.9 Å². The van der Waals surface area contributed by atoms with Crippen LogP contribution >= 0.6 is 0 Å². The highest BCUT2D eigenvalue weighted by atomic mass is 16.6. The van der Waals surface area contributed by atoms with Crippen LogP contribution in [0.15, 0.2) is 6.20 Å². The minimum absolute atomic E-state index is 0.0960. The lowest BCUT2D eigenvalue weighted by Crippen LogP contribution is -2.25. The second-order valence-corrected chi connectivity index (χ2v) is 5.13. The molecule has 0 amide bonds. The van der Waals surface area contributed by atoms with Gasteiger partial charge in [-0.2, -0.15) is 4.98 Å². The van der Waals surface area contributed by atoms with E-state index in [-0.39, 0.29) is 5.69 Å². The quantitative estimate of drug-likeness (QED) is 0.421. The molecule has 2 rings (SSSR count). The average Bonchev–Trinajstić information content (AvgIpc) is 3.27. The van der Waals surface area contributed by atoms with Gasteiger partial charge in [0.15, 0.2) is 0 Å². The Balaban J connectivity index is 1.99. The van der Waals surface area contributed by atoms with Gasteiger partial charge in [-0.3, -0.25) is 10.1 Å². The van der Waals surface area contributed by atoms with Crippen LogP contribution < -0.4 is 10.2 Å². The van der Waals surface area contributed by atoms with Crippen LogP contribution in [0.5, 0.6) is 0 Å². The standard InChI is InChI=1S/C13H21N5O3/c1-3-14-13-15-8-11(18(19)20)12(16-13)17(2)6-7-21-9-10-4-5-10/h8,10H,3-7,9H2,1-2H3,(H,14,15,16). The molecule has 0 bridgehead atoms. The first-order valence-electron chi connectivity index (χ1n) is 7.16. The molecule has 1 saturated carbocycles. The maximum atomic E-state index is 11.1. The maximum Gasteiger partial charge on any atom is 0.329 e. The lowest BCUT2D eigenvalue weighted by atomic mass is 10.4. The summed E-state index contributed by atoms with van der Waals surface area (Å²) in [6, 6.07) is 0. The summed E-state index contributed by atoms with van der Waals surface area (Å²) in [4.78, 5) is 20.5. The summed E-state index contributed by atoms with van der Waals surface area (Å²) in [7, 11) is 1.77. The van der Waals surface area contributed by atoms with Crippen molar-refractivity contribution in [3.8, 4) is 0 Å². The average molecular weight is 295 g/mol. The van der Waals surface area contributed by atoms with Gasteiger partial charge in [0, 0.05) is 26.7 Å². The van der Waals surface area contributed by atoms with Gasteiger partial charge < -0.3 is 15.0 Å². The van der Waals surface area contributed by atoms with E-state index in [2.05, 4.69) is 15.3 Å². The molecule has 1 N–H and O–H groups in total. The molecule has 0 radical (unpaired) electrons. The first kappa shape index (κ1) is 15.4. The van der Waals surface area contributed by atoms with Crippen LogP contribution in [-0.2, 0) is 4.74 Å². The van der Waals surface area contributed by atoms with Crippen molar-refractivity contribution in [2.45, 2.75) is 19.8 Å². The zero-order valence-electron chi connectivity index (χ0n) is 12.4. The molecule has 8 nitrogen and oxygen atoms in total. The molecule has 1 aromatic heterocycles. The number of nitrogens with one attached hydrogen (secondary N) is 1. The monoisotopic (exact) mass is 295 g/mol. The minimum Gasteiger partial charge on any atom is -0.379 e. The van der Waals surface area contributed by atoms with E-state index < -0.39 is 4.92 Å². The van der Waals surface area contributed by atoms with E-state index in [1.165, 1.54) is 19.0 Å². The van der Waals surface area contributed by atoms with Crippen molar-refractivity contribution in [2.75, 3.05) is 43.6 Å². The summed E-state index contributed by atoms with van der Waals surface area (Å²) in [5.74, 6) is 1.41. The van der Waals surface area contributed by atoms with Gasteiger partial charge in [-0.1, -0.05) is 0 Å². The van der Waals surface area contributed by atoms with Gasteiger partial charge >= 0.3 is 5.69 Å². The Labute approximate surface area is 123 Å². The molecular formula is C13H21N5O3. The largest absolute Gasteiger partial charge is 0.379 e. The Morgan fingerprint density at radius 3 is 2.95 bits per heavy atom. The van der Waals surface area contributed by atoms with Crippen LogP contribution in [0.25, 0.3) is 0 Å². The van der Waals surface area contributed by atoms with Crippen molar-refractivity contribution in [1.82, 2.24) is 9.97 Å². The molecule has 21 heavy (non-hydrogen) atoms. The number of aromatic nitrogens is 2. The normalized spacial score (nSPS) is 14.0. The third kappa shape index (κ3) is 4.52. The summed E-state index contributed by atoms with van der Waals surface area (Å²) in [6.45, 7) is 4.44. The fourth-order valence-corrected chi connectivity index (χ4v) is 1.86. The first-order valence-corrected chi connectivity index (χ1v) is 7.16. The summed E-state index contributed by atoms with van der Waals surface area (Å²) in [5, 5.41) is 14.0. The molecular weight excluding hydrogens is 274 g/mol. The van der Waals surface area contributed by atoms with Crippen LogP contribution in [-0.4, -0.2) is 48.2 Å². The van der Waals surface area contributed by atoms with Gasteiger partial charge in [0.25, 0.3) is 0 Å². The second kappa shape index (κ2) is 7.16. The van der Waals surface area contributed by atoms with E-state index >= 15 is 0 Å². The Bertz CT molecular complexity index is 493. The van der Waals surface area contributed by atoms with Gasteiger partial charge in [-0.25, -0.2) is 4.98 Å². The predicted octanol–water partition coefficient (Wildman–Crippen LogP) is 1.68. The molecule has 0 atom stereocenters. The molecule has 8 heteroatoms. The van der Waals surface area contributed by atoms with Gasteiger partial charge in [0.2, 0.25) is 11.8 Å². The molecule has 1 heterocycles. The highest BCUT2D eigenvalue weighted by Crippen LogP contribution is 2.29. The van der Waals surface area contributed by atoms with E-state index in [0.29, 0.717) is 37.4 Å². The van der Waals surface area contributed by atoms with Crippen LogP contribution in [0.2, 0.25) is 0 Å². The molecule has 116 valence electrons. The SMILES string of the molecule is CCNc1ncc([N+](=O)[O-])c(N(C)CCOCC2CC2)n1. The Hall–Kier alpha value is -1.96. The third-order valence-corrected chi connectivity index (χ3v) is 3.26. The minimum atomic E-state index is -0.466. The molecule has 0 unspecified atom stereocenters. The predicted molar refractivity (Wildman–Crippen MR) is 79.7 cm³/mol. The number of likely N-dealkylation sites (N-methyl/N-ethyl adjacent to an activating group) is 1. The topological polar surface area (TPSA) is 93.4 Å². The van der Waals surface area contributed by atoms with Crippen LogP contribution in [0, 0.1) is 16.0 Å². The molecule has 1 aliphatic carbocycles. The van der Waals surface area contributed by atoms with Crippen molar-refractivity contribution in [3.63, 3.8) is 0 Å². The van der Waals surface area contributed by atoms with Gasteiger partial charge in [-0.15, -0.1) is 0 Å². The molecule has 0 aromatic carbocycles. The van der Waals surface area contributed by atoms with Gasteiger partial charge in [-0.05, 0) is 25.7 Å². The number of ether oxygens (including phenoxy) is 1. The van der Waals surface area contributed by atoms with Crippen molar-refractivity contribution in [2.24, 2.45) is 5.92 Å². The molecule has 1 aromatic rings. The fraction of sp³-hybridized carbons (Fsp3) is 0.692. The summed E-state index contributed by atoms with van der Waals surface area (Å²) >= 11 is 0.